The molecule has 2 N–H and O–H groups in total. The summed E-state index contributed by atoms with van der Waals surface area (Å²) in [5, 5.41) is 6.21. The van der Waals surface area contributed by atoms with Crippen LogP contribution >= 0.6 is 0 Å². The monoisotopic (exact) mass is 541 g/mol. The molecule has 2 aromatic rings. The van der Waals surface area contributed by atoms with Gasteiger partial charge in [0.2, 0.25) is 0 Å². The van der Waals surface area contributed by atoms with Gasteiger partial charge in [-0.1, -0.05) is 6.92 Å². The van der Waals surface area contributed by atoms with E-state index in [4.69, 9.17) is 14.2 Å². The summed E-state index contributed by atoms with van der Waals surface area (Å²) >= 11 is 0. The first-order valence-electron chi connectivity index (χ1n) is 13.7. The van der Waals surface area contributed by atoms with Gasteiger partial charge in [0.25, 0.3) is 5.91 Å². The number of aryl methyl sites for hydroxylation is 1. The van der Waals surface area contributed by atoms with Gasteiger partial charge in [0.1, 0.15) is 23.7 Å². The lowest BCUT2D eigenvalue weighted by atomic mass is 9.87. The first-order valence-corrected chi connectivity index (χ1v) is 13.7. The van der Waals surface area contributed by atoms with E-state index in [2.05, 4.69) is 22.5 Å². The number of amides is 1. The minimum Gasteiger partial charge on any atom is -0.489 e. The molecule has 0 bridgehead atoms. The van der Waals surface area contributed by atoms with E-state index < -0.39 is 23.5 Å². The van der Waals surface area contributed by atoms with Crippen LogP contribution in [0.1, 0.15) is 86.8 Å². The number of anilines is 1. The summed E-state index contributed by atoms with van der Waals surface area (Å²) in [6.45, 7) is 12.0. The van der Waals surface area contributed by atoms with Crippen LogP contribution in [-0.2, 0) is 14.3 Å². The minimum absolute atomic E-state index is 0.0622. The fourth-order valence-electron chi connectivity index (χ4n) is 5.42. The average molecular weight is 542 g/mol. The lowest BCUT2D eigenvalue weighted by Gasteiger charge is -2.30. The van der Waals surface area contributed by atoms with E-state index in [0.717, 1.165) is 25.7 Å². The van der Waals surface area contributed by atoms with E-state index in [9.17, 15) is 9.59 Å². The van der Waals surface area contributed by atoms with Crippen molar-refractivity contribution in [3.8, 4) is 16.9 Å². The van der Waals surface area contributed by atoms with Gasteiger partial charge in [0.15, 0.2) is 11.9 Å². The van der Waals surface area contributed by atoms with Crippen molar-refractivity contribution in [2.24, 2.45) is 5.92 Å². The summed E-state index contributed by atoms with van der Waals surface area (Å²) in [6.07, 6.45) is 2.74. The van der Waals surface area contributed by atoms with E-state index in [0.29, 0.717) is 47.2 Å². The smallest absolute Gasteiger partial charge is 0.339 e. The third-order valence-corrected chi connectivity index (χ3v) is 7.42. The predicted molar refractivity (Wildman–Crippen MR) is 148 cm³/mol. The number of ether oxygens (including phenoxy) is 3. The van der Waals surface area contributed by atoms with Crippen molar-refractivity contribution < 1.29 is 28.2 Å². The second kappa shape index (κ2) is 11.5. The second-order valence-corrected chi connectivity index (χ2v) is 11.6. The van der Waals surface area contributed by atoms with Gasteiger partial charge in [0, 0.05) is 29.4 Å². The Morgan fingerprint density at radius 2 is 1.87 bits per heavy atom. The van der Waals surface area contributed by atoms with Gasteiger partial charge >= 0.3 is 5.97 Å². The van der Waals surface area contributed by atoms with Crippen molar-refractivity contribution in [2.75, 3.05) is 25.6 Å². The summed E-state index contributed by atoms with van der Waals surface area (Å²) in [6, 6.07) is 3.37. The Morgan fingerprint density at radius 3 is 2.51 bits per heavy atom. The van der Waals surface area contributed by atoms with Crippen LogP contribution in [-0.4, -0.2) is 48.8 Å². The largest absolute Gasteiger partial charge is 0.489 e. The molecule has 1 aromatic carbocycles. The first-order chi connectivity index (χ1) is 18.4. The van der Waals surface area contributed by atoms with E-state index in [-0.39, 0.29) is 28.9 Å². The van der Waals surface area contributed by atoms with Crippen molar-refractivity contribution in [1.82, 2.24) is 10.3 Å². The number of halogens is 1. The van der Waals surface area contributed by atoms with Crippen molar-refractivity contribution >= 4 is 17.6 Å². The Hall–Kier alpha value is -3.20. The molecule has 1 aliphatic carbocycles. The van der Waals surface area contributed by atoms with Gasteiger partial charge in [-0.15, -0.1) is 0 Å². The van der Waals surface area contributed by atoms with Gasteiger partial charge < -0.3 is 24.8 Å². The third-order valence-electron chi connectivity index (χ3n) is 7.42. The molecule has 9 heteroatoms. The Morgan fingerprint density at radius 1 is 1.18 bits per heavy atom. The number of fused-ring (bicyclic) bond motifs is 1. The van der Waals surface area contributed by atoms with Crippen molar-refractivity contribution in [2.45, 2.75) is 85.0 Å². The maximum Gasteiger partial charge on any atom is 0.339 e. The van der Waals surface area contributed by atoms with Gasteiger partial charge in [-0.05, 0) is 89.5 Å². The number of rotatable bonds is 6. The molecule has 1 fully saturated rings. The van der Waals surface area contributed by atoms with Crippen LogP contribution in [0.5, 0.6) is 5.75 Å². The highest BCUT2D eigenvalue weighted by Crippen LogP contribution is 2.43. The third kappa shape index (κ3) is 6.19. The zero-order valence-electron chi connectivity index (χ0n) is 24.0. The Kier molecular flexibility index (Phi) is 8.49. The van der Waals surface area contributed by atoms with Crippen molar-refractivity contribution in [1.29, 1.82) is 0 Å². The number of pyridine rings is 1. The molecular weight excluding hydrogens is 501 g/mol. The SMILES string of the molecule is COC(=O)[C@@H](OC(C)(C)C)c1c(C)nc(C(=O)N[C@H]2CC[C@H](C)CC2)c(C)c1-c1ccc2c(c1F)NCCO2. The number of benzene rings is 1. The number of esters is 1. The summed E-state index contributed by atoms with van der Waals surface area (Å²) in [5.41, 5.74) is 1.53. The van der Waals surface area contributed by atoms with Crippen LogP contribution in [0, 0.1) is 25.6 Å². The molecule has 1 aliphatic heterocycles. The minimum atomic E-state index is -1.19. The number of carbonyl (C=O) groups is 2. The number of methoxy groups -OCH3 is 1. The molecule has 1 amide bonds. The number of aromatic nitrogens is 1. The Labute approximate surface area is 230 Å². The van der Waals surface area contributed by atoms with E-state index in [1.807, 2.05) is 20.8 Å². The van der Waals surface area contributed by atoms with E-state index in [1.54, 1.807) is 26.0 Å². The Balaban J connectivity index is 1.90. The van der Waals surface area contributed by atoms with Gasteiger partial charge in [-0.3, -0.25) is 4.79 Å². The van der Waals surface area contributed by atoms with Gasteiger partial charge in [0.05, 0.1) is 12.7 Å². The van der Waals surface area contributed by atoms with Crippen LogP contribution in [0.3, 0.4) is 0 Å². The number of carbonyl (C=O) groups excluding carboxylic acids is 2. The lowest BCUT2D eigenvalue weighted by Crippen LogP contribution is -2.38. The van der Waals surface area contributed by atoms with E-state index >= 15 is 4.39 Å². The number of nitrogens with one attached hydrogen (secondary N) is 2. The zero-order chi connectivity index (χ0) is 28.5. The second-order valence-electron chi connectivity index (χ2n) is 11.6. The molecule has 2 aliphatic rings. The van der Waals surface area contributed by atoms with Crippen LogP contribution in [0.4, 0.5) is 10.1 Å². The average Bonchev–Trinajstić information content (AvgIpc) is 2.89. The van der Waals surface area contributed by atoms with Gasteiger partial charge in [-0.2, -0.15) is 0 Å². The molecule has 0 radical (unpaired) electrons. The highest BCUT2D eigenvalue weighted by Gasteiger charge is 2.36. The highest BCUT2D eigenvalue weighted by molar-refractivity contribution is 5.97. The molecule has 212 valence electrons. The highest BCUT2D eigenvalue weighted by atomic mass is 19.1. The standard InChI is InChI=1S/C30H40FN3O5/c1-16-8-10-19(11-9-16)34-28(35)25-17(2)22(20-12-13-21-26(24(20)31)32-14-15-38-21)23(18(3)33-25)27(29(36)37-7)39-30(4,5)6/h12-13,16,19,27,32H,8-11,14-15H2,1-7H3,(H,34,35)/t16-,19-,27-/m0/s1. The first kappa shape index (κ1) is 28.8. The molecule has 2 heterocycles. The van der Waals surface area contributed by atoms with Crippen LogP contribution in [0.15, 0.2) is 12.1 Å². The lowest BCUT2D eigenvalue weighted by molar-refractivity contribution is -0.164. The summed E-state index contributed by atoms with van der Waals surface area (Å²) in [7, 11) is 1.28. The Bertz CT molecular complexity index is 1250. The quantitative estimate of drug-likeness (QED) is 0.456. The molecule has 1 atom stereocenters. The summed E-state index contributed by atoms with van der Waals surface area (Å²) in [4.78, 5) is 31.3. The maximum absolute atomic E-state index is 16.1. The molecule has 4 rings (SSSR count). The van der Waals surface area contributed by atoms with Crippen molar-refractivity contribution in [3.05, 3.63) is 40.5 Å². The van der Waals surface area contributed by atoms with Crippen LogP contribution < -0.4 is 15.4 Å². The number of nitrogens with zero attached hydrogens (tertiary/aromatic N) is 1. The van der Waals surface area contributed by atoms with Crippen LogP contribution in [0.25, 0.3) is 11.1 Å². The zero-order valence-corrected chi connectivity index (χ0v) is 24.0. The van der Waals surface area contributed by atoms with E-state index in [1.165, 1.54) is 7.11 Å². The maximum atomic E-state index is 16.1. The predicted octanol–water partition coefficient (Wildman–Crippen LogP) is 5.65. The number of hydrogen-bond acceptors (Lipinski definition) is 7. The molecule has 0 saturated heterocycles. The fourth-order valence-corrected chi connectivity index (χ4v) is 5.42. The molecular formula is C30H40FN3O5. The molecule has 0 unspecified atom stereocenters. The summed E-state index contributed by atoms with van der Waals surface area (Å²) in [5.74, 6) is -0.423. The normalized spacial score (nSPS) is 19.8. The topological polar surface area (TPSA) is 98.8 Å². The molecule has 39 heavy (non-hydrogen) atoms. The molecule has 1 aromatic heterocycles. The molecule has 1 saturated carbocycles. The fraction of sp³-hybridized carbons (Fsp3) is 0.567. The van der Waals surface area contributed by atoms with Gasteiger partial charge in [-0.25, -0.2) is 14.2 Å². The number of hydrogen-bond donors (Lipinski definition) is 2. The van der Waals surface area contributed by atoms with Crippen LogP contribution in [0.2, 0.25) is 0 Å². The summed E-state index contributed by atoms with van der Waals surface area (Å²) < 4.78 is 33.1. The molecule has 8 nitrogen and oxygen atoms in total. The van der Waals surface area contributed by atoms with Crippen molar-refractivity contribution in [3.63, 3.8) is 0 Å². The molecule has 0 spiro atoms.